The van der Waals surface area contributed by atoms with Gasteiger partial charge in [0.05, 0.1) is 9.90 Å². The van der Waals surface area contributed by atoms with Crippen LogP contribution in [0.4, 0.5) is 5.13 Å². The Bertz CT molecular complexity index is 308. The monoisotopic (exact) mass is 242 g/mol. The number of nitrogen functional groups attached to an aromatic ring is 1. The molecule has 0 spiro atoms. The number of anilines is 1. The standard InChI is InChI=1S/C11H18N2S2/c1-3-4-5-6-7-8-14-10-9(2)13-11(12)15-10/h3H,1,4-8H2,2H3,(H2,12,13). The number of rotatable bonds is 7. The topological polar surface area (TPSA) is 38.9 Å². The van der Waals surface area contributed by atoms with E-state index in [1.54, 1.807) is 11.3 Å². The van der Waals surface area contributed by atoms with E-state index in [1.807, 2.05) is 24.8 Å². The lowest BCUT2D eigenvalue weighted by Crippen LogP contribution is -1.82. The Kier molecular flexibility index (Phi) is 5.79. The molecule has 0 bridgehead atoms. The molecule has 84 valence electrons. The summed E-state index contributed by atoms with van der Waals surface area (Å²) in [6, 6.07) is 0. The van der Waals surface area contributed by atoms with Crippen LogP contribution in [0.15, 0.2) is 16.9 Å². The molecule has 1 rings (SSSR count). The molecule has 0 fully saturated rings. The molecule has 0 unspecified atom stereocenters. The summed E-state index contributed by atoms with van der Waals surface area (Å²) in [6.07, 6.45) is 6.92. The van der Waals surface area contributed by atoms with E-state index in [2.05, 4.69) is 11.6 Å². The quantitative estimate of drug-likeness (QED) is 0.448. The predicted molar refractivity (Wildman–Crippen MR) is 70.7 cm³/mol. The van der Waals surface area contributed by atoms with E-state index in [9.17, 15) is 0 Å². The van der Waals surface area contributed by atoms with Crippen LogP contribution in [0, 0.1) is 6.92 Å². The molecule has 0 aromatic carbocycles. The van der Waals surface area contributed by atoms with Gasteiger partial charge in [-0.25, -0.2) is 4.98 Å². The Balaban J connectivity index is 2.14. The number of hydrogen-bond donors (Lipinski definition) is 1. The Morgan fingerprint density at radius 1 is 1.47 bits per heavy atom. The Hall–Kier alpha value is -0.480. The molecule has 1 heterocycles. The lowest BCUT2D eigenvalue weighted by Gasteiger charge is -1.98. The van der Waals surface area contributed by atoms with E-state index >= 15 is 0 Å². The molecule has 0 aliphatic carbocycles. The predicted octanol–water partition coefficient (Wildman–Crippen LogP) is 3.87. The van der Waals surface area contributed by atoms with Crippen LogP contribution in [0.3, 0.4) is 0 Å². The van der Waals surface area contributed by atoms with Crippen molar-refractivity contribution in [3.05, 3.63) is 18.3 Å². The number of allylic oxidation sites excluding steroid dienone is 1. The molecule has 0 aliphatic heterocycles. The molecule has 15 heavy (non-hydrogen) atoms. The zero-order valence-corrected chi connectivity index (χ0v) is 10.8. The maximum absolute atomic E-state index is 5.63. The van der Waals surface area contributed by atoms with E-state index in [1.165, 1.54) is 29.2 Å². The molecule has 0 saturated carbocycles. The number of aromatic nitrogens is 1. The van der Waals surface area contributed by atoms with Gasteiger partial charge in [0.25, 0.3) is 0 Å². The summed E-state index contributed by atoms with van der Waals surface area (Å²) < 4.78 is 1.27. The zero-order chi connectivity index (χ0) is 11.1. The molecule has 0 aliphatic rings. The highest BCUT2D eigenvalue weighted by Gasteiger charge is 2.04. The van der Waals surface area contributed by atoms with E-state index in [-0.39, 0.29) is 0 Å². The Labute approximate surface area is 100.0 Å². The minimum atomic E-state index is 0.682. The van der Waals surface area contributed by atoms with Crippen LogP contribution in [0.2, 0.25) is 0 Å². The van der Waals surface area contributed by atoms with E-state index < -0.39 is 0 Å². The van der Waals surface area contributed by atoms with Gasteiger partial charge in [-0.1, -0.05) is 23.8 Å². The second-order valence-electron chi connectivity index (χ2n) is 3.41. The molecule has 2 N–H and O–H groups in total. The normalized spacial score (nSPS) is 10.5. The summed E-state index contributed by atoms with van der Waals surface area (Å²) in [6.45, 7) is 5.74. The number of unbranched alkanes of at least 4 members (excludes halogenated alkanes) is 3. The molecule has 0 radical (unpaired) electrons. The van der Waals surface area contributed by atoms with Crippen LogP contribution in [0.5, 0.6) is 0 Å². The van der Waals surface area contributed by atoms with Crippen molar-refractivity contribution in [2.45, 2.75) is 36.8 Å². The molecule has 0 atom stereocenters. The first-order valence-electron chi connectivity index (χ1n) is 5.20. The zero-order valence-electron chi connectivity index (χ0n) is 9.16. The highest BCUT2D eigenvalue weighted by atomic mass is 32.2. The lowest BCUT2D eigenvalue weighted by molar-refractivity contribution is 0.735. The van der Waals surface area contributed by atoms with Crippen molar-refractivity contribution in [2.24, 2.45) is 0 Å². The van der Waals surface area contributed by atoms with Gasteiger partial charge in [-0.15, -0.1) is 18.3 Å². The molecule has 0 saturated heterocycles. The number of nitrogens with zero attached hydrogens (tertiary/aromatic N) is 1. The molecule has 1 aromatic heterocycles. The molecule has 2 nitrogen and oxygen atoms in total. The van der Waals surface area contributed by atoms with Gasteiger partial charge in [-0.05, 0) is 31.9 Å². The van der Waals surface area contributed by atoms with Crippen molar-refractivity contribution < 1.29 is 0 Å². The fourth-order valence-electron chi connectivity index (χ4n) is 1.27. The SMILES string of the molecule is C=CCCCCCSc1sc(N)nc1C. The van der Waals surface area contributed by atoms with E-state index in [0.29, 0.717) is 5.13 Å². The number of hydrogen-bond acceptors (Lipinski definition) is 4. The molecular weight excluding hydrogens is 224 g/mol. The summed E-state index contributed by atoms with van der Waals surface area (Å²) in [5.74, 6) is 1.17. The minimum absolute atomic E-state index is 0.682. The summed E-state index contributed by atoms with van der Waals surface area (Å²) in [7, 11) is 0. The fraction of sp³-hybridized carbons (Fsp3) is 0.545. The van der Waals surface area contributed by atoms with Crippen LogP contribution >= 0.6 is 23.1 Å². The second-order valence-corrected chi connectivity index (χ2v) is 5.81. The number of nitrogens with two attached hydrogens (primary N) is 1. The van der Waals surface area contributed by atoms with Crippen molar-refractivity contribution in [3.8, 4) is 0 Å². The number of thioether (sulfide) groups is 1. The summed E-state index contributed by atoms with van der Waals surface area (Å²) in [5.41, 5.74) is 6.71. The van der Waals surface area contributed by atoms with Crippen LogP contribution < -0.4 is 5.73 Å². The van der Waals surface area contributed by atoms with Gasteiger partial charge in [-0.2, -0.15) is 0 Å². The smallest absolute Gasteiger partial charge is 0.181 e. The summed E-state index contributed by atoms with van der Waals surface area (Å²) in [5, 5.41) is 0.682. The average molecular weight is 242 g/mol. The lowest BCUT2D eigenvalue weighted by atomic mass is 10.2. The van der Waals surface area contributed by atoms with Gasteiger partial charge >= 0.3 is 0 Å². The van der Waals surface area contributed by atoms with Crippen molar-refractivity contribution in [3.63, 3.8) is 0 Å². The van der Waals surface area contributed by atoms with Gasteiger partial charge in [0.1, 0.15) is 0 Å². The van der Waals surface area contributed by atoms with Crippen LogP contribution in [-0.2, 0) is 0 Å². The van der Waals surface area contributed by atoms with Gasteiger partial charge in [0.2, 0.25) is 0 Å². The van der Waals surface area contributed by atoms with Crippen molar-refractivity contribution >= 4 is 28.2 Å². The minimum Gasteiger partial charge on any atom is -0.375 e. The van der Waals surface area contributed by atoms with Gasteiger partial charge in [0.15, 0.2) is 5.13 Å². The third kappa shape index (κ3) is 4.71. The van der Waals surface area contributed by atoms with Gasteiger partial charge < -0.3 is 5.73 Å². The molecular formula is C11H18N2S2. The number of thiazole rings is 1. The summed E-state index contributed by atoms with van der Waals surface area (Å²) in [4.78, 5) is 4.20. The Morgan fingerprint density at radius 2 is 2.27 bits per heavy atom. The Morgan fingerprint density at radius 3 is 2.87 bits per heavy atom. The second kappa shape index (κ2) is 6.90. The highest BCUT2D eigenvalue weighted by Crippen LogP contribution is 2.31. The van der Waals surface area contributed by atoms with Crippen LogP contribution in [-0.4, -0.2) is 10.7 Å². The third-order valence-corrected chi connectivity index (χ3v) is 4.49. The largest absolute Gasteiger partial charge is 0.375 e. The molecule has 4 heteroatoms. The molecule has 0 amide bonds. The van der Waals surface area contributed by atoms with Crippen molar-refractivity contribution in [1.82, 2.24) is 4.98 Å². The maximum atomic E-state index is 5.63. The summed E-state index contributed by atoms with van der Waals surface area (Å²) >= 11 is 3.47. The first-order chi connectivity index (χ1) is 7.24. The van der Waals surface area contributed by atoms with Crippen molar-refractivity contribution in [1.29, 1.82) is 0 Å². The van der Waals surface area contributed by atoms with Crippen molar-refractivity contribution in [2.75, 3.05) is 11.5 Å². The van der Waals surface area contributed by atoms with E-state index in [4.69, 9.17) is 5.73 Å². The number of aryl methyl sites for hydroxylation is 1. The maximum Gasteiger partial charge on any atom is 0.181 e. The first kappa shape index (κ1) is 12.6. The van der Waals surface area contributed by atoms with Crippen LogP contribution in [0.1, 0.15) is 31.4 Å². The molecule has 1 aromatic rings. The average Bonchev–Trinajstić information content (AvgIpc) is 2.51. The van der Waals surface area contributed by atoms with E-state index in [0.717, 1.165) is 12.1 Å². The van der Waals surface area contributed by atoms with Gasteiger partial charge in [0, 0.05) is 0 Å². The first-order valence-corrected chi connectivity index (χ1v) is 7.01. The van der Waals surface area contributed by atoms with Gasteiger partial charge in [-0.3, -0.25) is 0 Å². The van der Waals surface area contributed by atoms with Crippen LogP contribution in [0.25, 0.3) is 0 Å². The third-order valence-electron chi connectivity index (χ3n) is 2.06. The highest BCUT2D eigenvalue weighted by molar-refractivity contribution is 8.01. The fourth-order valence-corrected chi connectivity index (χ4v) is 3.36.